The summed E-state index contributed by atoms with van der Waals surface area (Å²) in [5.74, 6) is -1.01. The molecule has 0 atom stereocenters. The first-order chi connectivity index (χ1) is 9.97. The van der Waals surface area contributed by atoms with Gasteiger partial charge in [-0.2, -0.15) is 0 Å². The van der Waals surface area contributed by atoms with Crippen molar-refractivity contribution in [2.45, 2.75) is 13.1 Å². The average Bonchev–Trinajstić information content (AvgIpc) is 2.44. The smallest absolute Gasteiger partial charge is 0.270 e. The van der Waals surface area contributed by atoms with E-state index in [0.717, 1.165) is 18.2 Å². The number of nitro groups is 1. The molecule has 0 unspecified atom stereocenters. The van der Waals surface area contributed by atoms with E-state index in [1.54, 1.807) is 0 Å². The van der Waals surface area contributed by atoms with Gasteiger partial charge in [0, 0.05) is 30.8 Å². The molecule has 1 N–H and O–H groups in total. The standard InChI is InChI=1S/C14H11ClF2N2O2/c15-13-6-12(19(20)21)3-1-9(13)7-18-8-10-5-11(16)2-4-14(10)17/h1-6,18H,7-8H2. The van der Waals surface area contributed by atoms with Gasteiger partial charge in [0.2, 0.25) is 0 Å². The number of non-ortho nitro benzene ring substituents is 1. The third kappa shape index (κ3) is 3.96. The van der Waals surface area contributed by atoms with Gasteiger partial charge in [-0.3, -0.25) is 10.1 Å². The first kappa shape index (κ1) is 15.3. The maximum Gasteiger partial charge on any atom is 0.270 e. The molecule has 0 amide bonds. The fourth-order valence-corrected chi connectivity index (χ4v) is 2.05. The van der Waals surface area contributed by atoms with E-state index in [1.165, 1.54) is 18.2 Å². The fraction of sp³-hybridized carbons (Fsp3) is 0.143. The maximum absolute atomic E-state index is 13.4. The zero-order valence-corrected chi connectivity index (χ0v) is 11.5. The van der Waals surface area contributed by atoms with Crippen LogP contribution in [0.3, 0.4) is 0 Å². The van der Waals surface area contributed by atoms with Crippen LogP contribution in [-0.4, -0.2) is 4.92 Å². The summed E-state index contributed by atoms with van der Waals surface area (Å²) in [7, 11) is 0. The Bertz CT molecular complexity index is 680. The van der Waals surface area contributed by atoms with Crippen molar-refractivity contribution in [1.29, 1.82) is 0 Å². The van der Waals surface area contributed by atoms with Gasteiger partial charge in [0.05, 0.1) is 9.95 Å². The summed E-state index contributed by atoms with van der Waals surface area (Å²) >= 11 is 5.93. The van der Waals surface area contributed by atoms with Gasteiger partial charge in [-0.1, -0.05) is 11.6 Å². The zero-order valence-electron chi connectivity index (χ0n) is 10.8. The first-order valence-corrected chi connectivity index (χ1v) is 6.42. The quantitative estimate of drug-likeness (QED) is 0.674. The van der Waals surface area contributed by atoms with Gasteiger partial charge in [0.1, 0.15) is 11.6 Å². The van der Waals surface area contributed by atoms with Crippen molar-refractivity contribution < 1.29 is 13.7 Å². The minimum Gasteiger partial charge on any atom is -0.308 e. The van der Waals surface area contributed by atoms with E-state index in [9.17, 15) is 18.9 Å². The molecule has 4 nitrogen and oxygen atoms in total. The number of halogens is 3. The molecule has 0 aromatic heterocycles. The number of hydrogen-bond donors (Lipinski definition) is 1. The highest BCUT2D eigenvalue weighted by molar-refractivity contribution is 6.31. The Labute approximate surface area is 124 Å². The highest BCUT2D eigenvalue weighted by atomic mass is 35.5. The van der Waals surface area contributed by atoms with Gasteiger partial charge in [-0.05, 0) is 29.8 Å². The molecular formula is C14H11ClF2N2O2. The minimum absolute atomic E-state index is 0.0973. The Morgan fingerprint density at radius 1 is 1.10 bits per heavy atom. The molecule has 0 aliphatic heterocycles. The highest BCUT2D eigenvalue weighted by Gasteiger charge is 2.09. The molecule has 0 radical (unpaired) electrons. The Morgan fingerprint density at radius 3 is 2.48 bits per heavy atom. The second-order valence-corrected chi connectivity index (χ2v) is 4.78. The van der Waals surface area contributed by atoms with Crippen LogP contribution in [0.15, 0.2) is 36.4 Å². The van der Waals surface area contributed by atoms with Gasteiger partial charge < -0.3 is 5.32 Å². The maximum atomic E-state index is 13.4. The van der Waals surface area contributed by atoms with Crippen LogP contribution >= 0.6 is 11.6 Å². The summed E-state index contributed by atoms with van der Waals surface area (Å²) < 4.78 is 26.4. The molecule has 7 heteroatoms. The molecule has 0 fully saturated rings. The van der Waals surface area contributed by atoms with E-state index < -0.39 is 16.6 Å². The molecule has 0 spiro atoms. The van der Waals surface area contributed by atoms with Crippen LogP contribution in [0.1, 0.15) is 11.1 Å². The number of rotatable bonds is 5. The van der Waals surface area contributed by atoms with E-state index in [-0.39, 0.29) is 29.4 Å². The molecule has 2 aromatic carbocycles. The molecule has 0 aliphatic carbocycles. The van der Waals surface area contributed by atoms with Crippen molar-refractivity contribution in [1.82, 2.24) is 5.32 Å². The normalized spacial score (nSPS) is 10.6. The first-order valence-electron chi connectivity index (χ1n) is 6.05. The molecule has 2 aromatic rings. The largest absolute Gasteiger partial charge is 0.308 e. The van der Waals surface area contributed by atoms with Crippen molar-refractivity contribution in [3.63, 3.8) is 0 Å². The second-order valence-electron chi connectivity index (χ2n) is 4.37. The van der Waals surface area contributed by atoms with Crippen LogP contribution in [0.4, 0.5) is 14.5 Å². The highest BCUT2D eigenvalue weighted by Crippen LogP contribution is 2.22. The Balaban J connectivity index is 2.00. The predicted molar refractivity (Wildman–Crippen MR) is 75.0 cm³/mol. The number of nitro benzene ring substituents is 1. The lowest BCUT2D eigenvalue weighted by molar-refractivity contribution is -0.384. The molecule has 0 saturated carbocycles. The van der Waals surface area contributed by atoms with Crippen LogP contribution in [0.2, 0.25) is 5.02 Å². The van der Waals surface area contributed by atoms with E-state index in [1.807, 2.05) is 0 Å². The van der Waals surface area contributed by atoms with Crippen LogP contribution in [-0.2, 0) is 13.1 Å². The average molecular weight is 313 g/mol. The van der Waals surface area contributed by atoms with Gasteiger partial charge in [0.15, 0.2) is 0 Å². The molecule has 0 saturated heterocycles. The van der Waals surface area contributed by atoms with Crippen molar-refractivity contribution in [3.05, 3.63) is 74.3 Å². The second kappa shape index (κ2) is 6.60. The molecule has 0 bridgehead atoms. The minimum atomic E-state index is -0.536. The number of nitrogens with zero attached hydrogens (tertiary/aromatic N) is 1. The SMILES string of the molecule is O=[N+]([O-])c1ccc(CNCc2cc(F)ccc2F)c(Cl)c1. The molecule has 21 heavy (non-hydrogen) atoms. The summed E-state index contributed by atoms with van der Waals surface area (Å²) in [6, 6.07) is 7.33. The third-order valence-electron chi connectivity index (χ3n) is 2.89. The Kier molecular flexibility index (Phi) is 4.82. The van der Waals surface area contributed by atoms with Gasteiger partial charge in [-0.15, -0.1) is 0 Å². The van der Waals surface area contributed by atoms with Crippen molar-refractivity contribution in [3.8, 4) is 0 Å². The molecule has 0 heterocycles. The van der Waals surface area contributed by atoms with Crippen molar-refractivity contribution >= 4 is 17.3 Å². The third-order valence-corrected chi connectivity index (χ3v) is 3.24. The van der Waals surface area contributed by atoms with Crippen LogP contribution in [0.5, 0.6) is 0 Å². The Morgan fingerprint density at radius 2 is 1.81 bits per heavy atom. The molecule has 110 valence electrons. The topological polar surface area (TPSA) is 55.2 Å². The van der Waals surface area contributed by atoms with E-state index in [2.05, 4.69) is 5.32 Å². The zero-order chi connectivity index (χ0) is 15.4. The van der Waals surface area contributed by atoms with Crippen molar-refractivity contribution in [2.24, 2.45) is 0 Å². The lowest BCUT2D eigenvalue weighted by atomic mass is 10.1. The number of hydrogen-bond acceptors (Lipinski definition) is 3. The summed E-state index contributed by atoms with van der Waals surface area (Å²) in [6.45, 7) is 0.406. The summed E-state index contributed by atoms with van der Waals surface area (Å²) in [5.41, 5.74) is 0.743. The number of benzene rings is 2. The molecule has 0 aliphatic rings. The fourth-order valence-electron chi connectivity index (χ4n) is 1.80. The lowest BCUT2D eigenvalue weighted by Gasteiger charge is -2.08. The summed E-state index contributed by atoms with van der Waals surface area (Å²) in [4.78, 5) is 10.1. The van der Waals surface area contributed by atoms with Gasteiger partial charge in [0.25, 0.3) is 5.69 Å². The van der Waals surface area contributed by atoms with Gasteiger partial charge in [-0.25, -0.2) is 8.78 Å². The predicted octanol–water partition coefficient (Wildman–Crippen LogP) is 3.82. The summed E-state index contributed by atoms with van der Waals surface area (Å²) in [5, 5.41) is 13.7. The summed E-state index contributed by atoms with van der Waals surface area (Å²) in [6.07, 6.45) is 0. The number of nitrogens with one attached hydrogen (secondary N) is 1. The van der Waals surface area contributed by atoms with Crippen LogP contribution in [0.25, 0.3) is 0 Å². The monoisotopic (exact) mass is 312 g/mol. The van der Waals surface area contributed by atoms with E-state index in [0.29, 0.717) is 5.56 Å². The van der Waals surface area contributed by atoms with Crippen LogP contribution < -0.4 is 5.32 Å². The van der Waals surface area contributed by atoms with E-state index >= 15 is 0 Å². The lowest BCUT2D eigenvalue weighted by Crippen LogP contribution is -2.14. The molecular weight excluding hydrogens is 302 g/mol. The van der Waals surface area contributed by atoms with E-state index in [4.69, 9.17) is 11.6 Å². The van der Waals surface area contributed by atoms with Crippen LogP contribution in [0, 0.1) is 21.7 Å². The van der Waals surface area contributed by atoms with Gasteiger partial charge >= 0.3 is 0 Å². The Hall–Kier alpha value is -2.05. The molecule has 2 rings (SSSR count). The van der Waals surface area contributed by atoms with Crippen molar-refractivity contribution in [2.75, 3.05) is 0 Å².